The molecule has 0 spiro atoms. The zero-order valence-corrected chi connectivity index (χ0v) is 9.63. The summed E-state index contributed by atoms with van der Waals surface area (Å²) in [6.07, 6.45) is -2.25. The van der Waals surface area contributed by atoms with Crippen LogP contribution in [0, 0.1) is 0 Å². The fraction of sp³-hybridized carbons (Fsp3) is 0.800. The average Bonchev–Trinajstić information content (AvgIpc) is 2.68. The van der Waals surface area contributed by atoms with Crippen molar-refractivity contribution in [1.29, 1.82) is 0 Å². The second-order valence-electron chi connectivity index (χ2n) is 3.96. The van der Waals surface area contributed by atoms with Gasteiger partial charge in [-0.2, -0.15) is 18.2 Å². The van der Waals surface area contributed by atoms with Gasteiger partial charge in [-0.05, 0) is 19.8 Å². The van der Waals surface area contributed by atoms with Crippen molar-refractivity contribution >= 4 is 0 Å². The maximum absolute atomic E-state index is 11.9. The predicted molar refractivity (Wildman–Crippen MR) is 55.4 cm³/mol. The van der Waals surface area contributed by atoms with E-state index in [4.69, 9.17) is 0 Å². The van der Waals surface area contributed by atoms with Gasteiger partial charge in [0.15, 0.2) is 5.82 Å². The molecule has 1 atom stereocenters. The van der Waals surface area contributed by atoms with E-state index in [0.717, 1.165) is 0 Å². The number of nitrogens with one attached hydrogen (secondary N) is 1. The molecule has 0 aliphatic heterocycles. The molecule has 17 heavy (non-hydrogen) atoms. The molecule has 0 amide bonds. The topological polar surface area (TPSA) is 51.0 Å². The van der Waals surface area contributed by atoms with Crippen molar-refractivity contribution < 1.29 is 17.7 Å². The molecule has 98 valence electrons. The molecule has 1 aromatic rings. The predicted octanol–water partition coefficient (Wildman–Crippen LogP) is 2.32. The molecule has 1 aromatic heterocycles. The van der Waals surface area contributed by atoms with Gasteiger partial charge < -0.3 is 9.84 Å². The van der Waals surface area contributed by atoms with Gasteiger partial charge >= 0.3 is 6.18 Å². The normalized spacial score (nSPS) is 13.9. The molecule has 1 unspecified atom stereocenters. The van der Waals surface area contributed by atoms with Crippen LogP contribution in [-0.2, 0) is 6.42 Å². The largest absolute Gasteiger partial charge is 0.389 e. The van der Waals surface area contributed by atoms with E-state index < -0.39 is 12.6 Å². The maximum Gasteiger partial charge on any atom is 0.389 e. The third-order valence-electron chi connectivity index (χ3n) is 2.35. The van der Waals surface area contributed by atoms with Crippen molar-refractivity contribution in [2.24, 2.45) is 0 Å². The molecule has 0 radical (unpaired) electrons. The van der Waals surface area contributed by atoms with Crippen molar-refractivity contribution in [1.82, 2.24) is 15.5 Å². The summed E-state index contributed by atoms with van der Waals surface area (Å²) in [7, 11) is 0. The summed E-state index contributed by atoms with van der Waals surface area (Å²) in [6.45, 7) is 2.50. The molecule has 0 saturated heterocycles. The van der Waals surface area contributed by atoms with Crippen LogP contribution < -0.4 is 5.32 Å². The SMILES string of the molecule is CC(CCCC(F)(F)F)NCCc1ncon1. The molecular weight excluding hydrogens is 235 g/mol. The maximum atomic E-state index is 11.9. The van der Waals surface area contributed by atoms with Crippen LogP contribution in [0.5, 0.6) is 0 Å². The first-order valence-corrected chi connectivity index (χ1v) is 5.53. The van der Waals surface area contributed by atoms with Crippen LogP contribution in [-0.4, -0.2) is 28.9 Å². The van der Waals surface area contributed by atoms with Gasteiger partial charge in [0.05, 0.1) is 0 Å². The zero-order valence-electron chi connectivity index (χ0n) is 9.63. The minimum Gasteiger partial charge on any atom is -0.343 e. The summed E-state index contributed by atoms with van der Waals surface area (Å²) in [4.78, 5) is 3.84. The summed E-state index contributed by atoms with van der Waals surface area (Å²) in [5.74, 6) is 0.597. The first kappa shape index (κ1) is 14.0. The van der Waals surface area contributed by atoms with Gasteiger partial charge in [-0.3, -0.25) is 0 Å². The van der Waals surface area contributed by atoms with Crippen LogP contribution >= 0.6 is 0 Å². The van der Waals surface area contributed by atoms with E-state index in [-0.39, 0.29) is 12.5 Å². The lowest BCUT2D eigenvalue weighted by Gasteiger charge is -2.13. The van der Waals surface area contributed by atoms with Crippen molar-refractivity contribution in [3.63, 3.8) is 0 Å². The molecule has 7 heteroatoms. The molecule has 0 aliphatic carbocycles. The summed E-state index contributed by atoms with van der Waals surface area (Å²) < 4.78 is 40.3. The van der Waals surface area contributed by atoms with Crippen LogP contribution in [0.15, 0.2) is 10.9 Å². The number of rotatable bonds is 7. The van der Waals surface area contributed by atoms with Crippen LogP contribution in [0.1, 0.15) is 32.0 Å². The average molecular weight is 251 g/mol. The first-order chi connectivity index (χ1) is 7.97. The van der Waals surface area contributed by atoms with E-state index in [1.54, 1.807) is 0 Å². The Bertz CT molecular complexity index is 300. The van der Waals surface area contributed by atoms with Crippen molar-refractivity contribution in [2.75, 3.05) is 6.54 Å². The third kappa shape index (κ3) is 6.93. The van der Waals surface area contributed by atoms with E-state index in [1.807, 2.05) is 6.92 Å². The summed E-state index contributed by atoms with van der Waals surface area (Å²) >= 11 is 0. The summed E-state index contributed by atoms with van der Waals surface area (Å²) in [6, 6.07) is 0.0595. The fourth-order valence-corrected chi connectivity index (χ4v) is 1.44. The van der Waals surface area contributed by atoms with E-state index in [0.29, 0.717) is 25.2 Å². The van der Waals surface area contributed by atoms with E-state index in [1.165, 1.54) is 6.39 Å². The Morgan fingerprint density at radius 3 is 2.82 bits per heavy atom. The molecule has 4 nitrogen and oxygen atoms in total. The van der Waals surface area contributed by atoms with E-state index in [9.17, 15) is 13.2 Å². The number of hydrogen-bond donors (Lipinski definition) is 1. The number of hydrogen-bond acceptors (Lipinski definition) is 4. The van der Waals surface area contributed by atoms with Crippen LogP contribution in [0.2, 0.25) is 0 Å². The van der Waals surface area contributed by atoms with Crippen LogP contribution in [0.3, 0.4) is 0 Å². The van der Waals surface area contributed by atoms with E-state index >= 15 is 0 Å². The Morgan fingerprint density at radius 2 is 2.24 bits per heavy atom. The highest BCUT2D eigenvalue weighted by molar-refractivity contribution is 4.79. The summed E-state index contributed by atoms with van der Waals surface area (Å²) in [5, 5.41) is 6.75. The van der Waals surface area contributed by atoms with Crippen molar-refractivity contribution in [3.05, 3.63) is 12.2 Å². The number of halogens is 3. The molecule has 0 fully saturated rings. The van der Waals surface area contributed by atoms with Gasteiger partial charge in [-0.1, -0.05) is 5.16 Å². The molecule has 1 heterocycles. The van der Waals surface area contributed by atoms with Gasteiger partial charge in [0.1, 0.15) is 0 Å². The minimum absolute atomic E-state index is 0.0595. The Labute approximate surface area is 97.6 Å². The highest BCUT2D eigenvalue weighted by Crippen LogP contribution is 2.22. The molecule has 1 rings (SSSR count). The Kier molecular flexibility index (Phi) is 5.40. The molecule has 0 aromatic carbocycles. The van der Waals surface area contributed by atoms with Crippen molar-refractivity contribution in [2.45, 2.75) is 44.8 Å². The Morgan fingerprint density at radius 1 is 1.47 bits per heavy atom. The van der Waals surface area contributed by atoms with Crippen molar-refractivity contribution in [3.8, 4) is 0 Å². The van der Waals surface area contributed by atoms with Crippen LogP contribution in [0.25, 0.3) is 0 Å². The van der Waals surface area contributed by atoms with Gasteiger partial charge in [-0.25, -0.2) is 0 Å². The number of alkyl halides is 3. The quantitative estimate of drug-likeness (QED) is 0.808. The fourth-order valence-electron chi connectivity index (χ4n) is 1.44. The third-order valence-corrected chi connectivity index (χ3v) is 2.35. The molecular formula is C10H16F3N3O. The molecule has 0 bridgehead atoms. The van der Waals surface area contributed by atoms with Gasteiger partial charge in [0.2, 0.25) is 6.39 Å². The standard InChI is InChI=1S/C10H16F3N3O/c1-8(3-2-5-10(11,12)13)14-6-4-9-15-7-17-16-9/h7-8,14H,2-6H2,1H3. The molecule has 0 aliphatic rings. The monoisotopic (exact) mass is 251 g/mol. The lowest BCUT2D eigenvalue weighted by Crippen LogP contribution is -2.28. The highest BCUT2D eigenvalue weighted by Gasteiger charge is 2.26. The van der Waals surface area contributed by atoms with Gasteiger partial charge in [0, 0.05) is 25.4 Å². The first-order valence-electron chi connectivity index (χ1n) is 5.53. The smallest absolute Gasteiger partial charge is 0.343 e. The second-order valence-corrected chi connectivity index (χ2v) is 3.96. The van der Waals surface area contributed by atoms with Crippen LogP contribution in [0.4, 0.5) is 13.2 Å². The van der Waals surface area contributed by atoms with Gasteiger partial charge in [-0.15, -0.1) is 0 Å². The highest BCUT2D eigenvalue weighted by atomic mass is 19.4. The lowest BCUT2D eigenvalue weighted by atomic mass is 10.1. The zero-order chi connectivity index (χ0) is 12.7. The Balaban J connectivity index is 2.03. The molecule has 1 N–H and O–H groups in total. The Hall–Kier alpha value is -1.11. The summed E-state index contributed by atoms with van der Waals surface area (Å²) in [5.41, 5.74) is 0. The van der Waals surface area contributed by atoms with Gasteiger partial charge in [0.25, 0.3) is 0 Å². The second kappa shape index (κ2) is 6.58. The molecule has 0 saturated carbocycles. The lowest BCUT2D eigenvalue weighted by molar-refractivity contribution is -0.135. The van der Waals surface area contributed by atoms with E-state index in [2.05, 4.69) is 20.0 Å². The number of aromatic nitrogens is 2. The number of nitrogens with zero attached hydrogens (tertiary/aromatic N) is 2. The minimum atomic E-state index is -4.05.